The van der Waals surface area contributed by atoms with Gasteiger partial charge < -0.3 is 15.1 Å². The number of likely N-dealkylation sites (N-methyl/N-ethyl adjacent to an activating group) is 1. The van der Waals surface area contributed by atoms with Gasteiger partial charge in [0.05, 0.1) is 0 Å². The van der Waals surface area contributed by atoms with Crippen LogP contribution >= 0.6 is 0 Å². The molecule has 0 spiro atoms. The second-order valence-electron chi connectivity index (χ2n) is 5.96. The fourth-order valence-corrected chi connectivity index (χ4v) is 3.46. The van der Waals surface area contributed by atoms with Crippen molar-refractivity contribution in [1.29, 1.82) is 0 Å². The lowest BCUT2D eigenvalue weighted by Gasteiger charge is -2.43. The van der Waals surface area contributed by atoms with Gasteiger partial charge in [0.2, 0.25) is 0 Å². The maximum absolute atomic E-state index is 13.2. The molecule has 3 heterocycles. The summed E-state index contributed by atoms with van der Waals surface area (Å²) in [6.07, 6.45) is 5.35. The third-order valence-electron chi connectivity index (χ3n) is 4.88. The molecule has 0 aromatic carbocycles. The van der Waals surface area contributed by atoms with Gasteiger partial charge in [0.15, 0.2) is 0 Å². The van der Waals surface area contributed by atoms with Crippen molar-refractivity contribution in [3.8, 4) is 0 Å². The Morgan fingerprint density at radius 2 is 1.95 bits per heavy atom. The summed E-state index contributed by atoms with van der Waals surface area (Å²) in [5, 5.41) is 7.75. The van der Waals surface area contributed by atoms with E-state index in [-0.39, 0.29) is 5.91 Å². The minimum Gasteiger partial charge on any atom is -0.338 e. The minimum atomic E-state index is -0.483. The molecule has 0 radical (unpaired) electrons. The van der Waals surface area contributed by atoms with Crippen LogP contribution in [-0.2, 0) is 10.3 Å². The summed E-state index contributed by atoms with van der Waals surface area (Å²) in [6, 6.07) is 1.91. The standard InChI is InChI=1S/C15H25N5O/c1-2-18-10-12-19(13-11-18)14(21)15(4-7-16-8-5-15)20-9-3-6-17-20/h3,6,9,16H,2,4-5,7-8,10-13H2,1H3. The normalized spacial score (nSPS) is 23.2. The Labute approximate surface area is 126 Å². The lowest BCUT2D eigenvalue weighted by molar-refractivity contribution is -0.145. The molecular weight excluding hydrogens is 266 g/mol. The molecule has 1 aromatic heterocycles. The van der Waals surface area contributed by atoms with E-state index in [2.05, 4.69) is 22.2 Å². The topological polar surface area (TPSA) is 53.4 Å². The van der Waals surface area contributed by atoms with Crippen LogP contribution in [-0.4, -0.2) is 71.3 Å². The Bertz CT molecular complexity index is 458. The molecule has 0 aliphatic carbocycles. The fourth-order valence-electron chi connectivity index (χ4n) is 3.46. The second-order valence-corrected chi connectivity index (χ2v) is 5.96. The van der Waals surface area contributed by atoms with Crippen LogP contribution in [0.15, 0.2) is 18.5 Å². The molecule has 3 rings (SSSR count). The average Bonchev–Trinajstić information content (AvgIpc) is 3.10. The Kier molecular flexibility index (Phi) is 4.26. The molecule has 2 aliphatic heterocycles. The van der Waals surface area contributed by atoms with Crippen molar-refractivity contribution in [3.05, 3.63) is 18.5 Å². The zero-order valence-electron chi connectivity index (χ0n) is 12.8. The first-order valence-electron chi connectivity index (χ1n) is 7.99. The van der Waals surface area contributed by atoms with Crippen molar-refractivity contribution in [2.75, 3.05) is 45.8 Å². The molecule has 2 aliphatic rings. The Hall–Kier alpha value is -1.40. The second kappa shape index (κ2) is 6.15. The van der Waals surface area contributed by atoms with E-state index >= 15 is 0 Å². The smallest absolute Gasteiger partial charge is 0.250 e. The van der Waals surface area contributed by atoms with Gasteiger partial charge in [-0.3, -0.25) is 9.48 Å². The number of nitrogens with one attached hydrogen (secondary N) is 1. The Balaban J connectivity index is 1.79. The van der Waals surface area contributed by atoms with Crippen LogP contribution in [0.1, 0.15) is 19.8 Å². The van der Waals surface area contributed by atoms with Crippen molar-refractivity contribution in [2.24, 2.45) is 0 Å². The number of aromatic nitrogens is 2. The third kappa shape index (κ3) is 2.70. The first-order valence-corrected chi connectivity index (χ1v) is 7.99. The van der Waals surface area contributed by atoms with E-state index in [0.29, 0.717) is 0 Å². The van der Waals surface area contributed by atoms with Gasteiger partial charge in [-0.15, -0.1) is 0 Å². The molecule has 1 aromatic rings. The number of carbonyl (C=O) groups excluding carboxylic acids is 1. The molecule has 0 saturated carbocycles. The van der Waals surface area contributed by atoms with E-state index in [1.165, 1.54) is 0 Å². The van der Waals surface area contributed by atoms with Crippen LogP contribution in [0.2, 0.25) is 0 Å². The number of hydrogen-bond donors (Lipinski definition) is 1. The van der Waals surface area contributed by atoms with Crippen molar-refractivity contribution in [2.45, 2.75) is 25.3 Å². The molecular formula is C15H25N5O. The van der Waals surface area contributed by atoms with Gasteiger partial charge in [0.1, 0.15) is 5.54 Å². The van der Waals surface area contributed by atoms with Gasteiger partial charge in [0, 0.05) is 38.6 Å². The highest BCUT2D eigenvalue weighted by atomic mass is 16.2. The summed E-state index contributed by atoms with van der Waals surface area (Å²) in [7, 11) is 0. The van der Waals surface area contributed by atoms with E-state index < -0.39 is 5.54 Å². The maximum atomic E-state index is 13.2. The minimum absolute atomic E-state index is 0.253. The van der Waals surface area contributed by atoms with E-state index in [1.54, 1.807) is 6.20 Å². The number of rotatable bonds is 3. The molecule has 0 unspecified atom stereocenters. The Morgan fingerprint density at radius 1 is 1.24 bits per heavy atom. The highest BCUT2D eigenvalue weighted by Crippen LogP contribution is 2.29. The fraction of sp³-hybridized carbons (Fsp3) is 0.733. The summed E-state index contributed by atoms with van der Waals surface area (Å²) in [5.41, 5.74) is -0.483. The number of nitrogens with zero attached hydrogens (tertiary/aromatic N) is 4. The molecule has 1 amide bonds. The van der Waals surface area contributed by atoms with E-state index in [4.69, 9.17) is 0 Å². The molecule has 2 fully saturated rings. The molecule has 1 N–H and O–H groups in total. The van der Waals surface area contributed by atoms with Crippen molar-refractivity contribution in [1.82, 2.24) is 24.9 Å². The highest BCUT2D eigenvalue weighted by Gasteiger charge is 2.44. The average molecular weight is 291 g/mol. The van der Waals surface area contributed by atoms with E-state index in [9.17, 15) is 4.79 Å². The van der Waals surface area contributed by atoms with Crippen molar-refractivity contribution < 1.29 is 4.79 Å². The summed E-state index contributed by atoms with van der Waals surface area (Å²) in [5.74, 6) is 0.253. The molecule has 21 heavy (non-hydrogen) atoms. The SMILES string of the molecule is CCN1CCN(C(=O)C2(n3cccn3)CCNCC2)CC1. The van der Waals surface area contributed by atoms with Gasteiger partial charge in [-0.1, -0.05) is 6.92 Å². The maximum Gasteiger partial charge on any atom is 0.250 e. The quantitative estimate of drug-likeness (QED) is 0.860. The zero-order chi connectivity index (χ0) is 14.7. The zero-order valence-corrected chi connectivity index (χ0v) is 12.8. The summed E-state index contributed by atoms with van der Waals surface area (Å²) in [6.45, 7) is 8.63. The number of carbonyl (C=O) groups is 1. The third-order valence-corrected chi connectivity index (χ3v) is 4.88. The molecule has 6 heteroatoms. The van der Waals surface area contributed by atoms with Gasteiger partial charge in [-0.05, 0) is 38.5 Å². The first kappa shape index (κ1) is 14.5. The van der Waals surface area contributed by atoms with Crippen molar-refractivity contribution >= 4 is 5.91 Å². The number of hydrogen-bond acceptors (Lipinski definition) is 4. The van der Waals surface area contributed by atoms with Crippen molar-refractivity contribution in [3.63, 3.8) is 0 Å². The highest BCUT2D eigenvalue weighted by molar-refractivity contribution is 5.84. The molecule has 0 bridgehead atoms. The molecule has 2 saturated heterocycles. The van der Waals surface area contributed by atoms with Crippen LogP contribution in [0.5, 0.6) is 0 Å². The van der Waals surface area contributed by atoms with E-state index in [1.807, 2.05) is 21.8 Å². The summed E-state index contributed by atoms with van der Waals surface area (Å²) in [4.78, 5) is 17.6. The summed E-state index contributed by atoms with van der Waals surface area (Å²) < 4.78 is 1.89. The summed E-state index contributed by atoms with van der Waals surface area (Å²) >= 11 is 0. The van der Waals surface area contributed by atoms with Gasteiger partial charge in [-0.25, -0.2) is 0 Å². The van der Waals surface area contributed by atoms with E-state index in [0.717, 1.165) is 58.7 Å². The largest absolute Gasteiger partial charge is 0.338 e. The van der Waals surface area contributed by atoms with Crippen LogP contribution in [0.3, 0.4) is 0 Å². The lowest BCUT2D eigenvalue weighted by Crippen LogP contribution is -2.59. The van der Waals surface area contributed by atoms with Gasteiger partial charge in [0.25, 0.3) is 5.91 Å². The molecule has 0 atom stereocenters. The number of amides is 1. The van der Waals surface area contributed by atoms with Gasteiger partial charge in [-0.2, -0.15) is 5.10 Å². The molecule has 116 valence electrons. The van der Waals surface area contributed by atoms with Crippen LogP contribution in [0.25, 0.3) is 0 Å². The predicted molar refractivity (Wildman–Crippen MR) is 81.0 cm³/mol. The van der Waals surface area contributed by atoms with Crippen LogP contribution in [0, 0.1) is 0 Å². The monoisotopic (exact) mass is 291 g/mol. The van der Waals surface area contributed by atoms with Crippen LogP contribution < -0.4 is 5.32 Å². The van der Waals surface area contributed by atoms with Gasteiger partial charge >= 0.3 is 0 Å². The predicted octanol–water partition coefficient (Wildman–Crippen LogP) is 0.126. The Morgan fingerprint density at radius 3 is 2.52 bits per heavy atom. The first-order chi connectivity index (χ1) is 10.3. The lowest BCUT2D eigenvalue weighted by atomic mass is 9.86. The number of piperazine rings is 1. The molecule has 6 nitrogen and oxygen atoms in total. The van der Waals surface area contributed by atoms with Crippen LogP contribution in [0.4, 0.5) is 0 Å². The number of piperidine rings is 1.